The second kappa shape index (κ2) is 19.7. The first kappa shape index (κ1) is 44.5. The van der Waals surface area contributed by atoms with Crippen LogP contribution < -0.4 is 9.47 Å². The summed E-state index contributed by atoms with van der Waals surface area (Å²) in [5.41, 5.74) is 11.0. The summed E-state index contributed by atoms with van der Waals surface area (Å²) in [6.07, 6.45) is 2.25. The Kier molecular flexibility index (Phi) is 13.5. The van der Waals surface area contributed by atoms with Gasteiger partial charge >= 0.3 is 11.9 Å². The lowest BCUT2D eigenvalue weighted by atomic mass is 9.67. The lowest BCUT2D eigenvalue weighted by Gasteiger charge is -2.34. The maximum absolute atomic E-state index is 11.3. The molecule has 0 atom stereocenters. The lowest BCUT2D eigenvalue weighted by Crippen LogP contribution is -2.28. The third kappa shape index (κ3) is 9.41. The molecular formula is C55H46N2O6S2. The van der Waals surface area contributed by atoms with E-state index in [1.807, 2.05) is 74.5 Å². The number of carbonyl (C=O) groups excluding carboxylic acids is 2. The molecule has 0 N–H and O–H groups in total. The van der Waals surface area contributed by atoms with E-state index in [2.05, 4.69) is 98.1 Å². The van der Waals surface area contributed by atoms with Crippen molar-refractivity contribution < 1.29 is 28.5 Å². The molecule has 0 bridgehead atoms. The first-order valence-electron chi connectivity index (χ1n) is 21.0. The molecule has 8 rings (SSSR count). The first-order chi connectivity index (χ1) is 31.6. The fourth-order valence-electron chi connectivity index (χ4n) is 8.25. The third-order valence-electron chi connectivity index (χ3n) is 11.4. The molecular weight excluding hydrogens is 849 g/mol. The average molecular weight is 895 g/mol. The zero-order valence-corrected chi connectivity index (χ0v) is 37.8. The molecule has 1 aliphatic rings. The van der Waals surface area contributed by atoms with Crippen LogP contribution >= 0.6 is 25.3 Å². The van der Waals surface area contributed by atoms with Gasteiger partial charge in [0.2, 0.25) is 0 Å². The molecule has 0 radical (unpaired) electrons. The van der Waals surface area contributed by atoms with Gasteiger partial charge in [0.25, 0.3) is 0 Å². The highest BCUT2D eigenvalue weighted by atomic mass is 32.1. The average Bonchev–Trinajstić information content (AvgIpc) is 3.62. The van der Waals surface area contributed by atoms with Crippen LogP contribution in [0.25, 0.3) is 21.9 Å². The van der Waals surface area contributed by atoms with E-state index >= 15 is 0 Å². The summed E-state index contributed by atoms with van der Waals surface area (Å²) >= 11 is 10.2. The van der Waals surface area contributed by atoms with Gasteiger partial charge < -0.3 is 18.9 Å². The SMILES string of the molecule is C=CC(=O)OCCOc1ccc(/C(C)=N/c2ccc(C3(c4ccc(/N=C(\C)c5ccc(OCCOC(=O)C=C)cc5)c(S)c4)c4ccccc4-c4cc5ccccc5cc43)cc2S)cc1. The van der Waals surface area contributed by atoms with Crippen LogP contribution in [0.5, 0.6) is 11.5 Å². The van der Waals surface area contributed by atoms with E-state index in [0.29, 0.717) is 11.5 Å². The van der Waals surface area contributed by atoms with E-state index < -0.39 is 17.4 Å². The molecule has 0 unspecified atom stereocenters. The van der Waals surface area contributed by atoms with Crippen molar-refractivity contribution in [3.05, 3.63) is 204 Å². The van der Waals surface area contributed by atoms with Crippen molar-refractivity contribution in [2.24, 2.45) is 9.98 Å². The van der Waals surface area contributed by atoms with Crippen LogP contribution in [0.1, 0.15) is 47.2 Å². The molecule has 324 valence electrons. The largest absolute Gasteiger partial charge is 0.490 e. The Morgan fingerprint density at radius 1 is 0.538 bits per heavy atom. The van der Waals surface area contributed by atoms with Crippen molar-refractivity contribution in [1.29, 1.82) is 0 Å². The molecule has 1 aliphatic carbocycles. The van der Waals surface area contributed by atoms with Crippen LogP contribution in [0.2, 0.25) is 0 Å². The summed E-state index contributed by atoms with van der Waals surface area (Å²) < 4.78 is 21.5. The normalized spacial score (nSPS) is 14.3. The fourth-order valence-corrected chi connectivity index (χ4v) is 8.78. The van der Waals surface area contributed by atoms with E-state index in [9.17, 15) is 9.59 Å². The zero-order valence-electron chi connectivity index (χ0n) is 36.0. The molecule has 0 amide bonds. The molecule has 0 aromatic heterocycles. The van der Waals surface area contributed by atoms with Gasteiger partial charge in [-0.3, -0.25) is 9.98 Å². The summed E-state index contributed by atoms with van der Waals surface area (Å²) in [5, 5.41) is 2.32. The van der Waals surface area contributed by atoms with Crippen LogP contribution in [0.4, 0.5) is 11.4 Å². The lowest BCUT2D eigenvalue weighted by molar-refractivity contribution is -0.139. The smallest absolute Gasteiger partial charge is 0.330 e. The van der Waals surface area contributed by atoms with Gasteiger partial charge in [-0.1, -0.05) is 73.8 Å². The van der Waals surface area contributed by atoms with Gasteiger partial charge in [0.15, 0.2) is 0 Å². The number of hydrogen-bond donors (Lipinski definition) is 2. The van der Waals surface area contributed by atoms with Gasteiger partial charge in [-0.05, 0) is 154 Å². The summed E-state index contributed by atoms with van der Waals surface area (Å²) in [6, 6.07) is 49.8. The molecule has 7 aromatic rings. The maximum Gasteiger partial charge on any atom is 0.330 e. The van der Waals surface area contributed by atoms with Crippen LogP contribution in [0, 0.1) is 0 Å². The summed E-state index contributed by atoms with van der Waals surface area (Å²) in [4.78, 5) is 34.2. The molecule has 0 saturated carbocycles. The van der Waals surface area contributed by atoms with Crippen LogP contribution in [0.15, 0.2) is 191 Å². The Bertz CT molecular complexity index is 2880. The molecule has 8 nitrogen and oxygen atoms in total. The highest BCUT2D eigenvalue weighted by Crippen LogP contribution is 2.58. The predicted octanol–water partition coefficient (Wildman–Crippen LogP) is 12.3. The Hall–Kier alpha value is -7.14. The minimum Gasteiger partial charge on any atom is -0.490 e. The van der Waals surface area contributed by atoms with Crippen LogP contribution in [-0.2, 0) is 24.5 Å². The number of fused-ring (bicyclic) bond motifs is 4. The molecule has 0 fully saturated rings. The van der Waals surface area contributed by atoms with Gasteiger partial charge in [0, 0.05) is 33.4 Å². The summed E-state index contributed by atoms with van der Waals surface area (Å²) in [6.45, 7) is 11.5. The van der Waals surface area contributed by atoms with Crippen molar-refractivity contribution in [1.82, 2.24) is 0 Å². The quantitative estimate of drug-likeness (QED) is 0.0330. The van der Waals surface area contributed by atoms with Gasteiger partial charge in [0.1, 0.15) is 37.9 Å². The number of aliphatic imine (C=N–C) groups is 2. The number of nitrogens with zero attached hydrogens (tertiary/aromatic N) is 2. The molecule has 10 heteroatoms. The van der Waals surface area contributed by atoms with Gasteiger partial charge in [-0.15, -0.1) is 25.3 Å². The van der Waals surface area contributed by atoms with Crippen LogP contribution in [0.3, 0.4) is 0 Å². The third-order valence-corrected chi connectivity index (χ3v) is 12.1. The minimum absolute atomic E-state index is 0.132. The predicted molar refractivity (Wildman–Crippen MR) is 266 cm³/mol. The van der Waals surface area contributed by atoms with Crippen molar-refractivity contribution in [2.75, 3.05) is 26.4 Å². The van der Waals surface area contributed by atoms with Gasteiger partial charge in [-0.25, -0.2) is 9.59 Å². The molecule has 0 saturated heterocycles. The topological polar surface area (TPSA) is 95.8 Å². The minimum atomic E-state index is -0.737. The number of hydrogen-bond acceptors (Lipinski definition) is 10. The van der Waals surface area contributed by atoms with E-state index in [1.54, 1.807) is 0 Å². The van der Waals surface area contributed by atoms with E-state index in [-0.39, 0.29) is 26.4 Å². The highest BCUT2D eigenvalue weighted by Gasteiger charge is 2.46. The molecule has 65 heavy (non-hydrogen) atoms. The second-order valence-corrected chi connectivity index (χ2v) is 16.3. The van der Waals surface area contributed by atoms with Gasteiger partial charge in [-0.2, -0.15) is 0 Å². The number of thiol groups is 2. The Labute approximate surface area is 389 Å². The van der Waals surface area contributed by atoms with E-state index in [0.717, 1.165) is 77.9 Å². The number of rotatable bonds is 16. The van der Waals surface area contributed by atoms with Crippen LogP contribution in [-0.4, -0.2) is 49.8 Å². The second-order valence-electron chi connectivity index (χ2n) is 15.3. The van der Waals surface area contributed by atoms with E-state index in [1.165, 1.54) is 22.1 Å². The Morgan fingerprint density at radius 3 is 1.48 bits per heavy atom. The monoisotopic (exact) mass is 894 g/mol. The Morgan fingerprint density at radius 2 is 1.00 bits per heavy atom. The summed E-state index contributed by atoms with van der Waals surface area (Å²) in [5.74, 6) is 0.350. The van der Waals surface area contributed by atoms with Crippen molar-refractivity contribution >= 4 is 70.8 Å². The maximum atomic E-state index is 11.3. The number of carbonyl (C=O) groups is 2. The van der Waals surface area contributed by atoms with Crippen molar-refractivity contribution in [2.45, 2.75) is 29.1 Å². The number of esters is 2. The molecule has 0 spiro atoms. The van der Waals surface area contributed by atoms with E-state index in [4.69, 9.17) is 54.2 Å². The fraction of sp³-hybridized carbons (Fsp3) is 0.127. The zero-order chi connectivity index (χ0) is 45.5. The van der Waals surface area contributed by atoms with Gasteiger partial charge in [0.05, 0.1) is 16.8 Å². The number of ether oxygens (including phenoxy) is 4. The standard InChI is InChI=1S/C55H46N2O6S2/c1-5-53(58)62-29-27-60-43-21-15-37(16-22-43)35(3)56-49-25-19-41(33-51(49)64)55(47-14-10-9-13-45(47)46-31-39-11-7-8-12-40(39)32-48(46)55)42-20-26-50(52(65)34-42)57-36(4)38-17-23-44(24-18-38)61-28-30-63-54(59)6-2/h5-26,31-34,64-65H,1-2,27-30H2,3-4H3/b56-35+,57-36+. The number of benzene rings is 7. The highest BCUT2D eigenvalue weighted by molar-refractivity contribution is 7.80. The summed E-state index contributed by atoms with van der Waals surface area (Å²) in [7, 11) is 0. The molecule has 0 heterocycles. The molecule has 0 aliphatic heterocycles. The first-order valence-corrected chi connectivity index (χ1v) is 21.9. The van der Waals surface area contributed by atoms with Crippen molar-refractivity contribution in [3.8, 4) is 22.6 Å². The van der Waals surface area contributed by atoms with Crippen molar-refractivity contribution in [3.63, 3.8) is 0 Å². The Balaban J connectivity index is 1.14. The molecule has 7 aromatic carbocycles.